The molecule has 1 aromatic carbocycles. The van der Waals surface area contributed by atoms with E-state index in [2.05, 4.69) is 0 Å². The lowest BCUT2D eigenvalue weighted by Crippen LogP contribution is -1.76. The highest BCUT2D eigenvalue weighted by molar-refractivity contribution is 5.21. The van der Waals surface area contributed by atoms with Crippen molar-refractivity contribution in [1.29, 1.82) is 0 Å². The zero-order valence-electron chi connectivity index (χ0n) is 7.26. The summed E-state index contributed by atoms with van der Waals surface area (Å²) in [7, 11) is 0. The molecule has 0 aromatic heterocycles. The van der Waals surface area contributed by atoms with E-state index in [1.165, 1.54) is 12.1 Å². The van der Waals surface area contributed by atoms with Gasteiger partial charge in [0, 0.05) is 37.6 Å². The monoisotopic (exact) mass is 153 g/mol. The summed E-state index contributed by atoms with van der Waals surface area (Å²) in [6.45, 7) is 5.92. The van der Waals surface area contributed by atoms with Crippen molar-refractivity contribution in [1.82, 2.24) is 0 Å². The number of hydrogen-bond acceptors (Lipinski definition) is 0. The van der Waals surface area contributed by atoms with Crippen molar-refractivity contribution in [2.45, 2.75) is 20.8 Å². The fourth-order valence-corrected chi connectivity index (χ4v) is 0.655. The Bertz CT molecular complexity index is 177. The summed E-state index contributed by atoms with van der Waals surface area (Å²) in [4.78, 5) is 0. The standard InChI is InChI=1S/C8H8F.C2H6/c1-2-7-3-5-8(9)6-4-7;1-2/h2-6H,1H3;1-2H3/q+1;. The van der Waals surface area contributed by atoms with E-state index in [4.69, 9.17) is 0 Å². The minimum atomic E-state index is -0.180. The van der Waals surface area contributed by atoms with Crippen LogP contribution < -0.4 is 0 Å². The van der Waals surface area contributed by atoms with Crippen molar-refractivity contribution in [3.63, 3.8) is 0 Å². The van der Waals surface area contributed by atoms with E-state index in [0.717, 1.165) is 5.56 Å². The van der Waals surface area contributed by atoms with Crippen LogP contribution >= 0.6 is 0 Å². The van der Waals surface area contributed by atoms with Gasteiger partial charge in [0.05, 0.1) is 0 Å². The molecule has 0 bridgehead atoms. The van der Waals surface area contributed by atoms with Crippen LogP contribution in [-0.4, -0.2) is 0 Å². The maximum atomic E-state index is 12.2. The van der Waals surface area contributed by atoms with E-state index in [1.807, 2.05) is 27.2 Å². The second-order valence-corrected chi connectivity index (χ2v) is 1.84. The van der Waals surface area contributed by atoms with Gasteiger partial charge in [-0.15, -0.1) is 0 Å². The third-order valence-electron chi connectivity index (χ3n) is 1.20. The zero-order valence-corrected chi connectivity index (χ0v) is 7.26. The molecule has 0 radical (unpaired) electrons. The van der Waals surface area contributed by atoms with Gasteiger partial charge >= 0.3 is 0 Å². The maximum absolute atomic E-state index is 12.2. The molecule has 0 heterocycles. The fourth-order valence-electron chi connectivity index (χ4n) is 0.655. The molecule has 0 fully saturated rings. The van der Waals surface area contributed by atoms with Gasteiger partial charge in [-0.25, -0.2) is 4.39 Å². The van der Waals surface area contributed by atoms with Crippen LogP contribution in [0.25, 0.3) is 0 Å². The smallest absolute Gasteiger partial charge is 0.149 e. The maximum Gasteiger partial charge on any atom is 0.149 e. The van der Waals surface area contributed by atoms with Crippen LogP contribution in [0.4, 0.5) is 4.39 Å². The van der Waals surface area contributed by atoms with Gasteiger partial charge in [-0.1, -0.05) is 13.8 Å². The molecule has 0 amide bonds. The Morgan fingerprint density at radius 2 is 1.55 bits per heavy atom. The molecule has 0 nitrogen and oxygen atoms in total. The van der Waals surface area contributed by atoms with Crippen molar-refractivity contribution in [2.75, 3.05) is 0 Å². The van der Waals surface area contributed by atoms with Crippen LogP contribution in [0, 0.1) is 12.2 Å². The van der Waals surface area contributed by atoms with Gasteiger partial charge < -0.3 is 0 Å². The highest BCUT2D eigenvalue weighted by Crippen LogP contribution is 2.03. The topological polar surface area (TPSA) is 0 Å². The predicted molar refractivity (Wildman–Crippen MR) is 46.8 cm³/mol. The molecule has 1 heteroatoms. The Labute approximate surface area is 68.1 Å². The average molecular weight is 153 g/mol. The summed E-state index contributed by atoms with van der Waals surface area (Å²) in [5, 5.41) is 0. The molecular weight excluding hydrogens is 139 g/mol. The van der Waals surface area contributed by atoms with E-state index in [9.17, 15) is 4.39 Å². The van der Waals surface area contributed by atoms with E-state index in [0.29, 0.717) is 0 Å². The van der Waals surface area contributed by atoms with E-state index in [1.54, 1.807) is 12.1 Å². The lowest BCUT2D eigenvalue weighted by atomic mass is 10.2. The quantitative estimate of drug-likeness (QED) is 0.542. The molecule has 1 aromatic rings. The van der Waals surface area contributed by atoms with Crippen molar-refractivity contribution in [2.24, 2.45) is 0 Å². The molecule has 0 aliphatic heterocycles. The largest absolute Gasteiger partial charge is 0.204 e. The molecule has 0 N–H and O–H groups in total. The van der Waals surface area contributed by atoms with Crippen LogP contribution in [-0.2, 0) is 0 Å². The molecule has 0 aliphatic rings. The molecule has 11 heavy (non-hydrogen) atoms. The predicted octanol–water partition coefficient (Wildman–Crippen LogP) is 3.42. The summed E-state index contributed by atoms with van der Waals surface area (Å²) in [6, 6.07) is 6.40. The zero-order chi connectivity index (χ0) is 8.69. The first-order chi connectivity index (χ1) is 5.33. The van der Waals surface area contributed by atoms with Gasteiger partial charge in [-0.3, -0.25) is 0 Å². The normalized spacial score (nSPS) is 8.00. The van der Waals surface area contributed by atoms with Crippen LogP contribution in [0.5, 0.6) is 0 Å². The first kappa shape index (κ1) is 10.0. The Kier molecular flexibility index (Phi) is 5.26. The average Bonchev–Trinajstić information content (AvgIpc) is 2.10. The summed E-state index contributed by atoms with van der Waals surface area (Å²) < 4.78 is 12.2. The fraction of sp³-hybridized carbons (Fsp3) is 0.300. The Balaban J connectivity index is 0.000000461. The Morgan fingerprint density at radius 1 is 1.09 bits per heavy atom. The van der Waals surface area contributed by atoms with Crippen molar-refractivity contribution in [3.05, 3.63) is 42.1 Å². The van der Waals surface area contributed by atoms with Gasteiger partial charge in [-0.05, 0) is 0 Å². The van der Waals surface area contributed by atoms with Crippen LogP contribution in [0.3, 0.4) is 0 Å². The number of rotatable bonds is 1. The first-order valence-corrected chi connectivity index (χ1v) is 3.88. The summed E-state index contributed by atoms with van der Waals surface area (Å²) in [6.07, 6.45) is 1.93. The van der Waals surface area contributed by atoms with Gasteiger partial charge in [0.25, 0.3) is 0 Å². The van der Waals surface area contributed by atoms with Crippen LogP contribution in [0.15, 0.2) is 24.3 Å². The molecular formula is C10H14F+. The van der Waals surface area contributed by atoms with Gasteiger partial charge in [0.2, 0.25) is 0 Å². The van der Waals surface area contributed by atoms with Gasteiger partial charge in [0.1, 0.15) is 11.4 Å². The number of hydrogen-bond donors (Lipinski definition) is 0. The highest BCUT2D eigenvalue weighted by atomic mass is 19.1. The van der Waals surface area contributed by atoms with E-state index < -0.39 is 0 Å². The highest BCUT2D eigenvalue weighted by Gasteiger charge is 1.96. The second-order valence-electron chi connectivity index (χ2n) is 1.84. The van der Waals surface area contributed by atoms with Crippen LogP contribution in [0.1, 0.15) is 26.3 Å². The molecule has 0 atom stereocenters. The third-order valence-corrected chi connectivity index (χ3v) is 1.20. The number of benzene rings is 1. The lowest BCUT2D eigenvalue weighted by Gasteiger charge is -1.83. The molecule has 0 saturated heterocycles. The molecule has 0 spiro atoms. The first-order valence-electron chi connectivity index (χ1n) is 3.88. The number of halogens is 1. The van der Waals surface area contributed by atoms with Crippen molar-refractivity contribution < 1.29 is 4.39 Å². The molecule has 0 aliphatic carbocycles. The second kappa shape index (κ2) is 5.78. The Morgan fingerprint density at radius 3 is 1.91 bits per heavy atom. The minimum absolute atomic E-state index is 0.180. The molecule has 60 valence electrons. The van der Waals surface area contributed by atoms with E-state index in [-0.39, 0.29) is 5.82 Å². The lowest BCUT2D eigenvalue weighted by molar-refractivity contribution is 0.627. The van der Waals surface area contributed by atoms with Gasteiger partial charge in [0.15, 0.2) is 0 Å². The Hall–Kier alpha value is -0.980. The molecule has 0 saturated carbocycles. The van der Waals surface area contributed by atoms with Crippen molar-refractivity contribution in [3.8, 4) is 0 Å². The minimum Gasteiger partial charge on any atom is -0.204 e. The summed E-state index contributed by atoms with van der Waals surface area (Å²) >= 11 is 0. The van der Waals surface area contributed by atoms with E-state index >= 15 is 0 Å². The summed E-state index contributed by atoms with van der Waals surface area (Å²) in [5.74, 6) is -0.180. The van der Waals surface area contributed by atoms with Crippen LogP contribution in [0.2, 0.25) is 0 Å². The molecule has 1 rings (SSSR count). The SMILES string of the molecule is CC.C[CH+]c1ccc(F)cc1. The third kappa shape index (κ3) is 3.66. The molecule has 0 unspecified atom stereocenters. The van der Waals surface area contributed by atoms with Gasteiger partial charge in [-0.2, -0.15) is 0 Å². The summed E-state index contributed by atoms with van der Waals surface area (Å²) in [5.41, 5.74) is 1.05. The van der Waals surface area contributed by atoms with Crippen molar-refractivity contribution >= 4 is 0 Å².